The van der Waals surface area contributed by atoms with E-state index in [0.29, 0.717) is 6.61 Å². The van der Waals surface area contributed by atoms with Crippen LogP contribution in [-0.2, 0) is 10.1 Å². The lowest BCUT2D eigenvalue weighted by Crippen LogP contribution is -2.16. The molecule has 3 nitrogen and oxygen atoms in total. The molecule has 1 unspecified atom stereocenters. The highest BCUT2D eigenvalue weighted by atomic mass is 79.9. The molecule has 1 heterocycles. The second-order valence-electron chi connectivity index (χ2n) is 3.85. The van der Waals surface area contributed by atoms with Crippen molar-refractivity contribution in [1.29, 1.82) is 0 Å². The van der Waals surface area contributed by atoms with E-state index in [1.165, 1.54) is 0 Å². The lowest BCUT2D eigenvalue weighted by atomic mass is 10.2. The molecule has 0 N–H and O–H groups in total. The Morgan fingerprint density at radius 3 is 2.88 bits per heavy atom. The van der Waals surface area contributed by atoms with Crippen molar-refractivity contribution in [3.8, 4) is 11.5 Å². The zero-order valence-corrected chi connectivity index (χ0v) is 12.7. The smallest absolute Gasteiger partial charge is 0.175 e. The molecule has 0 radical (unpaired) electrons. The van der Waals surface area contributed by atoms with E-state index >= 15 is 0 Å². The summed E-state index contributed by atoms with van der Waals surface area (Å²) in [6, 6.07) is 4.01. The van der Waals surface area contributed by atoms with Crippen LogP contribution in [0.1, 0.15) is 12.0 Å². The van der Waals surface area contributed by atoms with Crippen LogP contribution in [0.15, 0.2) is 16.6 Å². The van der Waals surface area contributed by atoms with Gasteiger partial charge in [-0.15, -0.1) is 0 Å². The van der Waals surface area contributed by atoms with Crippen LogP contribution in [0.5, 0.6) is 11.5 Å². The van der Waals surface area contributed by atoms with Gasteiger partial charge in [-0.1, -0.05) is 15.9 Å². The molecule has 0 aliphatic carbocycles. The van der Waals surface area contributed by atoms with Gasteiger partial charge in [-0.05, 0) is 33.6 Å². The minimum atomic E-state index is 0.120. The van der Waals surface area contributed by atoms with Gasteiger partial charge in [-0.3, -0.25) is 0 Å². The van der Waals surface area contributed by atoms with Crippen LogP contribution in [0.25, 0.3) is 0 Å². The zero-order chi connectivity index (χ0) is 12.3. The van der Waals surface area contributed by atoms with E-state index in [1.807, 2.05) is 12.1 Å². The maximum atomic E-state index is 5.92. The van der Waals surface area contributed by atoms with Crippen LogP contribution in [0, 0.1) is 0 Å². The Labute approximate surface area is 118 Å². The number of ether oxygens (including phenoxy) is 3. The van der Waals surface area contributed by atoms with Gasteiger partial charge in [0.2, 0.25) is 0 Å². The lowest BCUT2D eigenvalue weighted by molar-refractivity contribution is 0.138. The van der Waals surface area contributed by atoms with Crippen molar-refractivity contribution < 1.29 is 14.2 Å². The van der Waals surface area contributed by atoms with Gasteiger partial charge in [0, 0.05) is 11.8 Å². The average Bonchev–Trinajstić information content (AvgIpc) is 2.84. The second kappa shape index (κ2) is 6.07. The summed E-state index contributed by atoms with van der Waals surface area (Å²) in [4.78, 5) is 0. The standard InChI is InChI=1S/C12H14Br2O3/c1-15-11-5-8(6-13)4-10(14)12(11)17-9-2-3-16-7-9/h4-5,9H,2-3,6-7H2,1H3. The Kier molecular flexibility index (Phi) is 4.70. The topological polar surface area (TPSA) is 27.7 Å². The van der Waals surface area contributed by atoms with Gasteiger partial charge < -0.3 is 14.2 Å². The van der Waals surface area contributed by atoms with Gasteiger partial charge in [0.05, 0.1) is 24.8 Å². The fraction of sp³-hybridized carbons (Fsp3) is 0.500. The van der Waals surface area contributed by atoms with Crippen LogP contribution in [0.2, 0.25) is 0 Å². The maximum absolute atomic E-state index is 5.92. The first-order valence-electron chi connectivity index (χ1n) is 5.41. The monoisotopic (exact) mass is 364 g/mol. The number of methoxy groups -OCH3 is 1. The van der Waals surface area contributed by atoms with Crippen molar-refractivity contribution in [1.82, 2.24) is 0 Å². The molecule has 1 aliphatic heterocycles. The Morgan fingerprint density at radius 2 is 2.29 bits per heavy atom. The van der Waals surface area contributed by atoms with E-state index in [1.54, 1.807) is 7.11 Å². The molecule has 94 valence electrons. The number of halogens is 2. The first-order valence-corrected chi connectivity index (χ1v) is 7.33. The number of hydrogen-bond donors (Lipinski definition) is 0. The predicted octanol–water partition coefficient (Wildman–Crippen LogP) is 3.52. The van der Waals surface area contributed by atoms with Gasteiger partial charge in [0.15, 0.2) is 11.5 Å². The van der Waals surface area contributed by atoms with E-state index < -0.39 is 0 Å². The maximum Gasteiger partial charge on any atom is 0.175 e. The van der Waals surface area contributed by atoms with E-state index in [-0.39, 0.29) is 6.10 Å². The normalized spacial score (nSPS) is 19.4. The van der Waals surface area contributed by atoms with Crippen LogP contribution >= 0.6 is 31.9 Å². The van der Waals surface area contributed by atoms with Gasteiger partial charge in [0.1, 0.15) is 6.10 Å². The van der Waals surface area contributed by atoms with Crippen molar-refractivity contribution in [2.24, 2.45) is 0 Å². The molecule has 2 rings (SSSR count). The van der Waals surface area contributed by atoms with Crippen molar-refractivity contribution in [3.63, 3.8) is 0 Å². The fourth-order valence-corrected chi connectivity index (χ4v) is 2.64. The number of hydrogen-bond acceptors (Lipinski definition) is 3. The third kappa shape index (κ3) is 3.14. The number of benzene rings is 1. The number of rotatable bonds is 4. The Morgan fingerprint density at radius 1 is 1.47 bits per heavy atom. The van der Waals surface area contributed by atoms with Gasteiger partial charge >= 0.3 is 0 Å². The molecule has 5 heteroatoms. The molecule has 17 heavy (non-hydrogen) atoms. The molecule has 0 bridgehead atoms. The summed E-state index contributed by atoms with van der Waals surface area (Å²) in [6.45, 7) is 1.42. The molecule has 1 fully saturated rings. The summed E-state index contributed by atoms with van der Waals surface area (Å²) < 4.78 is 17.5. The molecule has 1 aromatic rings. The first-order chi connectivity index (χ1) is 8.24. The highest BCUT2D eigenvalue weighted by molar-refractivity contribution is 9.10. The minimum Gasteiger partial charge on any atom is -0.493 e. The summed E-state index contributed by atoms with van der Waals surface area (Å²) in [5.41, 5.74) is 1.14. The first kappa shape index (κ1) is 13.2. The third-order valence-electron chi connectivity index (χ3n) is 2.62. The quantitative estimate of drug-likeness (QED) is 0.764. The van der Waals surface area contributed by atoms with Crippen molar-refractivity contribution >= 4 is 31.9 Å². The highest BCUT2D eigenvalue weighted by Crippen LogP contribution is 2.38. The molecule has 1 saturated heterocycles. The van der Waals surface area contributed by atoms with E-state index in [9.17, 15) is 0 Å². The summed E-state index contributed by atoms with van der Waals surface area (Å²) in [6.07, 6.45) is 1.05. The van der Waals surface area contributed by atoms with Crippen LogP contribution in [0.3, 0.4) is 0 Å². The molecule has 1 aromatic carbocycles. The lowest BCUT2D eigenvalue weighted by Gasteiger charge is -2.17. The second-order valence-corrected chi connectivity index (χ2v) is 5.26. The summed E-state index contributed by atoms with van der Waals surface area (Å²) >= 11 is 6.95. The Bertz CT molecular complexity index is 390. The van der Waals surface area contributed by atoms with Gasteiger partial charge in [-0.2, -0.15) is 0 Å². The largest absolute Gasteiger partial charge is 0.493 e. The Balaban J connectivity index is 2.24. The average molecular weight is 366 g/mol. The summed E-state index contributed by atoms with van der Waals surface area (Å²) in [5.74, 6) is 1.51. The third-order valence-corrected chi connectivity index (χ3v) is 3.85. The Hall–Kier alpha value is -0.260. The highest BCUT2D eigenvalue weighted by Gasteiger charge is 2.21. The van der Waals surface area contributed by atoms with Crippen LogP contribution in [-0.4, -0.2) is 26.4 Å². The SMILES string of the molecule is COc1cc(CBr)cc(Br)c1OC1CCOC1. The zero-order valence-electron chi connectivity index (χ0n) is 9.54. The minimum absolute atomic E-state index is 0.120. The molecule has 0 spiro atoms. The van der Waals surface area contributed by atoms with Crippen LogP contribution < -0.4 is 9.47 Å². The van der Waals surface area contributed by atoms with Crippen molar-refractivity contribution in [3.05, 3.63) is 22.2 Å². The van der Waals surface area contributed by atoms with E-state index in [0.717, 1.165) is 39.9 Å². The molecule has 0 aromatic heterocycles. The molecule has 0 amide bonds. The van der Waals surface area contributed by atoms with Crippen molar-refractivity contribution in [2.45, 2.75) is 17.9 Å². The summed E-state index contributed by atoms with van der Waals surface area (Å²) in [7, 11) is 1.65. The molecule has 0 saturated carbocycles. The molecular formula is C12H14Br2O3. The number of alkyl halides is 1. The van der Waals surface area contributed by atoms with E-state index in [4.69, 9.17) is 14.2 Å². The molecule has 1 atom stereocenters. The summed E-state index contributed by atoms with van der Waals surface area (Å²) in [5, 5.41) is 0.786. The van der Waals surface area contributed by atoms with Gasteiger partial charge in [-0.25, -0.2) is 0 Å². The van der Waals surface area contributed by atoms with Crippen molar-refractivity contribution in [2.75, 3.05) is 20.3 Å². The van der Waals surface area contributed by atoms with Gasteiger partial charge in [0.25, 0.3) is 0 Å². The fourth-order valence-electron chi connectivity index (χ4n) is 1.74. The van der Waals surface area contributed by atoms with E-state index in [2.05, 4.69) is 31.9 Å². The predicted molar refractivity (Wildman–Crippen MR) is 73.2 cm³/mol. The van der Waals surface area contributed by atoms with Crippen LogP contribution in [0.4, 0.5) is 0 Å². The molecule has 1 aliphatic rings. The molecular weight excluding hydrogens is 352 g/mol.